The second-order valence-corrected chi connectivity index (χ2v) is 11.3. The average Bonchev–Trinajstić information content (AvgIpc) is 3.77. The summed E-state index contributed by atoms with van der Waals surface area (Å²) in [6, 6.07) is 55.3. The second-order valence-electron chi connectivity index (χ2n) is 11.3. The molecule has 2 aliphatic rings. The molecule has 0 atom stereocenters. The average molecular weight is 592 g/mol. The molecule has 0 N–H and O–H groups in total. The van der Waals surface area contributed by atoms with Crippen molar-refractivity contribution >= 4 is 22.8 Å². The van der Waals surface area contributed by atoms with Crippen molar-refractivity contribution in [2.75, 3.05) is 0 Å². The van der Waals surface area contributed by atoms with E-state index in [9.17, 15) is 0 Å². The molecule has 0 bridgehead atoms. The van der Waals surface area contributed by atoms with E-state index < -0.39 is 11.3 Å². The summed E-state index contributed by atoms with van der Waals surface area (Å²) in [6.07, 6.45) is 3.59. The Balaban J connectivity index is 1.52. The third-order valence-corrected chi connectivity index (χ3v) is 8.48. The van der Waals surface area contributed by atoms with Gasteiger partial charge in [-0.15, -0.1) is 0 Å². The minimum Gasteiger partial charge on any atom is -0.265 e. The van der Waals surface area contributed by atoms with Crippen LogP contribution in [0.1, 0.15) is 33.4 Å². The Hall–Kier alpha value is -6.07. The third-order valence-electron chi connectivity index (χ3n) is 8.48. The first-order chi connectivity index (χ1) is 22.8. The Labute approximate surface area is 268 Å². The van der Waals surface area contributed by atoms with Gasteiger partial charge in [-0.05, 0) is 12.1 Å². The van der Waals surface area contributed by atoms with Crippen LogP contribution < -0.4 is 0 Å². The van der Waals surface area contributed by atoms with E-state index in [-0.39, 0.29) is 0 Å². The minimum atomic E-state index is -1.30. The van der Waals surface area contributed by atoms with Gasteiger partial charge in [0.1, 0.15) is 0 Å². The molecule has 0 aliphatic carbocycles. The number of aliphatic imine (C=N–C) groups is 4. The number of hydrogen-bond acceptors (Lipinski definition) is 5. The van der Waals surface area contributed by atoms with Gasteiger partial charge in [0, 0.05) is 45.8 Å². The fourth-order valence-corrected chi connectivity index (χ4v) is 6.33. The summed E-state index contributed by atoms with van der Waals surface area (Å²) in [5.74, 6) is 0. The zero-order chi connectivity index (χ0) is 30.8. The molecule has 0 unspecified atom stereocenters. The van der Waals surface area contributed by atoms with Gasteiger partial charge in [0.05, 0.1) is 22.8 Å². The maximum atomic E-state index is 5.68. The molecule has 3 heterocycles. The summed E-state index contributed by atoms with van der Waals surface area (Å²) in [6.45, 7) is 0. The van der Waals surface area contributed by atoms with Crippen molar-refractivity contribution < 1.29 is 0 Å². The molecule has 0 radical (unpaired) electrons. The van der Waals surface area contributed by atoms with Crippen LogP contribution in [0.3, 0.4) is 0 Å². The van der Waals surface area contributed by atoms with Crippen molar-refractivity contribution in [3.63, 3.8) is 0 Å². The molecule has 0 spiro atoms. The van der Waals surface area contributed by atoms with E-state index >= 15 is 0 Å². The van der Waals surface area contributed by atoms with Crippen LogP contribution in [-0.2, 0) is 11.3 Å². The zero-order valence-electron chi connectivity index (χ0n) is 25.0. The highest BCUT2D eigenvalue weighted by atomic mass is 15.3. The highest BCUT2D eigenvalue weighted by Crippen LogP contribution is 2.54. The number of pyridine rings is 1. The van der Waals surface area contributed by atoms with Crippen molar-refractivity contribution in [2.24, 2.45) is 20.0 Å². The van der Waals surface area contributed by atoms with Gasteiger partial charge in [-0.2, -0.15) is 0 Å². The fraction of sp³-hybridized carbons (Fsp3) is 0.0488. The van der Waals surface area contributed by atoms with Crippen LogP contribution in [0.15, 0.2) is 196 Å². The highest BCUT2D eigenvalue weighted by Gasteiger charge is 2.60. The van der Waals surface area contributed by atoms with Crippen LogP contribution in [0, 0.1) is 0 Å². The van der Waals surface area contributed by atoms with Crippen molar-refractivity contribution in [3.05, 3.63) is 210 Å². The molecule has 1 aromatic heterocycles. The van der Waals surface area contributed by atoms with Gasteiger partial charge >= 0.3 is 0 Å². The fourth-order valence-electron chi connectivity index (χ4n) is 6.33. The molecule has 5 heteroatoms. The van der Waals surface area contributed by atoms with E-state index in [2.05, 4.69) is 65.6 Å². The van der Waals surface area contributed by atoms with Crippen LogP contribution in [-0.4, -0.2) is 27.8 Å². The normalized spacial score (nSPS) is 16.3. The molecule has 0 saturated carbocycles. The molecule has 0 saturated heterocycles. The maximum absolute atomic E-state index is 5.68. The first kappa shape index (κ1) is 27.5. The summed E-state index contributed by atoms with van der Waals surface area (Å²) in [5.41, 5.74) is 6.22. The van der Waals surface area contributed by atoms with Gasteiger partial charge in [-0.3, -0.25) is 4.98 Å². The summed E-state index contributed by atoms with van der Waals surface area (Å²) < 4.78 is 0. The van der Waals surface area contributed by atoms with E-state index in [4.69, 9.17) is 20.0 Å². The monoisotopic (exact) mass is 591 g/mol. The lowest BCUT2D eigenvalue weighted by Gasteiger charge is -2.38. The molecular formula is C41H29N5. The Morgan fingerprint density at radius 1 is 0.283 bits per heavy atom. The Morgan fingerprint density at radius 3 is 0.848 bits per heavy atom. The van der Waals surface area contributed by atoms with Crippen LogP contribution in [0.2, 0.25) is 0 Å². The number of aromatic nitrogens is 1. The summed E-state index contributed by atoms with van der Waals surface area (Å²) >= 11 is 0. The van der Waals surface area contributed by atoms with E-state index in [1.165, 1.54) is 0 Å². The number of rotatable bonds is 7. The van der Waals surface area contributed by atoms with Gasteiger partial charge < -0.3 is 0 Å². The van der Waals surface area contributed by atoms with Crippen molar-refractivity contribution in [1.29, 1.82) is 0 Å². The molecule has 2 aliphatic heterocycles. The molecule has 0 amide bonds. The standard InChI is InChI=1S/C41H29N5/c1-6-16-30(17-7-1)36-37(31-18-8-2-9-19-31)44-40(43-36,34-24-14-5-15-25-34)41(35-26-28-42-29-27-35)45-38(32-20-10-3-11-21-32)39(46-41)33-22-12-4-13-23-33/h1-29H. The number of nitrogens with zero attached hydrogens (tertiary/aromatic N) is 5. The lowest BCUT2D eigenvalue weighted by atomic mass is 9.82. The van der Waals surface area contributed by atoms with Crippen LogP contribution in [0.5, 0.6) is 0 Å². The van der Waals surface area contributed by atoms with Crippen molar-refractivity contribution in [2.45, 2.75) is 11.3 Å². The molecule has 8 rings (SSSR count). The Morgan fingerprint density at radius 2 is 0.543 bits per heavy atom. The molecule has 6 aromatic rings. The minimum absolute atomic E-state index is 0.791. The molecular weight excluding hydrogens is 562 g/mol. The molecule has 46 heavy (non-hydrogen) atoms. The van der Waals surface area contributed by atoms with Gasteiger partial charge in [-0.1, -0.05) is 152 Å². The predicted octanol–water partition coefficient (Wildman–Crippen LogP) is 8.07. The number of benzene rings is 5. The SMILES string of the molecule is c1ccc(C2=NC(c3ccccc3)(C3(c4ccncc4)N=C(c4ccccc4)C(c4ccccc4)=N3)N=C2c2ccccc2)cc1. The van der Waals surface area contributed by atoms with Gasteiger partial charge in [-0.25, -0.2) is 20.0 Å². The number of hydrogen-bond donors (Lipinski definition) is 0. The molecule has 5 aromatic carbocycles. The largest absolute Gasteiger partial charge is 0.265 e. The topological polar surface area (TPSA) is 62.3 Å². The molecule has 218 valence electrons. The van der Waals surface area contributed by atoms with Crippen LogP contribution >= 0.6 is 0 Å². The predicted molar refractivity (Wildman–Crippen MR) is 186 cm³/mol. The van der Waals surface area contributed by atoms with Gasteiger partial charge in [0.25, 0.3) is 0 Å². The summed E-state index contributed by atoms with van der Waals surface area (Å²) in [4.78, 5) is 27.1. The quantitative estimate of drug-likeness (QED) is 0.185. The van der Waals surface area contributed by atoms with Crippen LogP contribution in [0.4, 0.5) is 0 Å². The van der Waals surface area contributed by atoms with E-state index in [1.807, 2.05) is 103 Å². The summed E-state index contributed by atoms with van der Waals surface area (Å²) in [5, 5.41) is 0. The first-order valence-corrected chi connectivity index (χ1v) is 15.4. The zero-order valence-corrected chi connectivity index (χ0v) is 25.0. The lowest BCUT2D eigenvalue weighted by Crippen LogP contribution is -2.43. The van der Waals surface area contributed by atoms with Crippen molar-refractivity contribution in [1.82, 2.24) is 4.98 Å². The van der Waals surface area contributed by atoms with Gasteiger partial charge in [0.2, 0.25) is 11.3 Å². The Kier molecular flexibility index (Phi) is 6.84. The second kappa shape index (κ2) is 11.5. The van der Waals surface area contributed by atoms with Crippen LogP contribution in [0.25, 0.3) is 0 Å². The highest BCUT2D eigenvalue weighted by molar-refractivity contribution is 6.55. The Bertz CT molecular complexity index is 1840. The third kappa shape index (κ3) is 4.52. The van der Waals surface area contributed by atoms with Gasteiger partial charge in [0.15, 0.2) is 0 Å². The summed E-state index contributed by atoms with van der Waals surface area (Å²) in [7, 11) is 0. The first-order valence-electron chi connectivity index (χ1n) is 15.4. The van der Waals surface area contributed by atoms with E-state index in [0.717, 1.165) is 56.2 Å². The van der Waals surface area contributed by atoms with E-state index in [1.54, 1.807) is 12.4 Å². The van der Waals surface area contributed by atoms with Crippen molar-refractivity contribution in [3.8, 4) is 0 Å². The molecule has 5 nitrogen and oxygen atoms in total. The smallest absolute Gasteiger partial charge is 0.226 e. The maximum Gasteiger partial charge on any atom is 0.226 e. The molecule has 0 fully saturated rings. The van der Waals surface area contributed by atoms with E-state index in [0.29, 0.717) is 0 Å². The lowest BCUT2D eigenvalue weighted by molar-refractivity contribution is 0.257.